The minimum absolute atomic E-state index is 0.0641. The van der Waals surface area contributed by atoms with Gasteiger partial charge in [0.2, 0.25) is 5.91 Å². The van der Waals surface area contributed by atoms with Gasteiger partial charge >= 0.3 is 6.09 Å². The number of hydrogen-bond donors (Lipinski definition) is 1. The Morgan fingerprint density at radius 3 is 2.88 bits per heavy atom. The molecule has 2 aliphatic rings. The van der Waals surface area contributed by atoms with Crippen LogP contribution in [0, 0.1) is 5.82 Å². The van der Waals surface area contributed by atoms with Crippen molar-refractivity contribution in [3.05, 3.63) is 48.6 Å². The van der Waals surface area contributed by atoms with Crippen LogP contribution >= 0.6 is 0 Å². The van der Waals surface area contributed by atoms with Crippen molar-refractivity contribution >= 4 is 29.2 Å². The van der Waals surface area contributed by atoms with E-state index in [9.17, 15) is 18.8 Å². The molecular weight excluding hydrogens is 341 g/mol. The minimum Gasteiger partial charge on any atom is -0.442 e. The summed E-state index contributed by atoms with van der Waals surface area (Å²) in [4.78, 5) is 37.2. The Morgan fingerprint density at radius 2 is 2.15 bits per heavy atom. The van der Waals surface area contributed by atoms with Crippen LogP contribution in [-0.2, 0) is 14.3 Å². The number of anilines is 2. The number of nitrogens with zero attached hydrogens (tertiary/aromatic N) is 2. The molecule has 1 aromatic rings. The van der Waals surface area contributed by atoms with Crippen LogP contribution in [-0.4, -0.2) is 37.0 Å². The van der Waals surface area contributed by atoms with Crippen LogP contribution in [0.5, 0.6) is 0 Å². The lowest BCUT2D eigenvalue weighted by atomic mass is 10.2. The Hall–Kier alpha value is -3.16. The number of amides is 2. The van der Waals surface area contributed by atoms with Crippen LogP contribution in [0.25, 0.3) is 0 Å². The van der Waals surface area contributed by atoms with Gasteiger partial charge in [-0.25, -0.2) is 9.18 Å². The Morgan fingerprint density at radius 1 is 1.35 bits per heavy atom. The molecule has 0 aliphatic carbocycles. The Labute approximate surface area is 149 Å². The molecule has 2 amide bonds. The third-order valence-corrected chi connectivity index (χ3v) is 3.98. The summed E-state index contributed by atoms with van der Waals surface area (Å²) < 4.78 is 19.7. The molecule has 26 heavy (non-hydrogen) atoms. The largest absolute Gasteiger partial charge is 0.442 e. The van der Waals surface area contributed by atoms with E-state index in [4.69, 9.17) is 4.74 Å². The number of hydrogen-bond acceptors (Lipinski definition) is 5. The van der Waals surface area contributed by atoms with E-state index in [2.05, 4.69) is 5.32 Å². The fourth-order valence-electron chi connectivity index (χ4n) is 2.69. The second-order valence-corrected chi connectivity index (χ2v) is 5.97. The van der Waals surface area contributed by atoms with Crippen molar-refractivity contribution in [2.24, 2.45) is 0 Å². The van der Waals surface area contributed by atoms with E-state index >= 15 is 0 Å². The standard InChI is InChI=1S/C18H18FN3O4/c1-12(23)20-10-15-11-22(18(25)26-15)13-4-5-17(16(19)9-13)21-7-2-3-14(24)6-8-21/h2,4-9,15H,3,10-11H2,1H3,(H,20,23)/t15-/m0/s1. The maximum Gasteiger partial charge on any atom is 0.414 e. The van der Waals surface area contributed by atoms with Crippen molar-refractivity contribution in [2.45, 2.75) is 19.4 Å². The molecule has 136 valence electrons. The number of carbonyl (C=O) groups is 3. The highest BCUT2D eigenvalue weighted by molar-refractivity contribution is 5.92. The van der Waals surface area contributed by atoms with Crippen LogP contribution in [0.3, 0.4) is 0 Å². The number of cyclic esters (lactones) is 1. The molecule has 8 heteroatoms. The predicted molar refractivity (Wildman–Crippen MR) is 93.1 cm³/mol. The third-order valence-electron chi connectivity index (χ3n) is 3.98. The van der Waals surface area contributed by atoms with Crippen molar-refractivity contribution in [1.29, 1.82) is 0 Å². The van der Waals surface area contributed by atoms with Gasteiger partial charge in [-0.05, 0) is 24.3 Å². The van der Waals surface area contributed by atoms with Gasteiger partial charge in [0, 0.05) is 25.7 Å². The normalized spacial score (nSPS) is 19.5. The van der Waals surface area contributed by atoms with E-state index in [-0.39, 0.29) is 36.9 Å². The topological polar surface area (TPSA) is 79.0 Å². The average molecular weight is 359 g/mol. The van der Waals surface area contributed by atoms with Gasteiger partial charge < -0.3 is 15.0 Å². The van der Waals surface area contributed by atoms with Gasteiger partial charge in [-0.15, -0.1) is 0 Å². The van der Waals surface area contributed by atoms with Gasteiger partial charge in [0.1, 0.15) is 11.9 Å². The Kier molecular flexibility index (Phi) is 5.01. The molecule has 1 N–H and O–H groups in total. The number of carbonyl (C=O) groups excluding carboxylic acids is 3. The second-order valence-electron chi connectivity index (χ2n) is 5.97. The van der Waals surface area contributed by atoms with Crippen LogP contribution in [0.1, 0.15) is 13.3 Å². The van der Waals surface area contributed by atoms with E-state index in [1.54, 1.807) is 18.3 Å². The van der Waals surface area contributed by atoms with Crippen LogP contribution in [0.2, 0.25) is 0 Å². The number of benzene rings is 1. The molecule has 2 heterocycles. The predicted octanol–water partition coefficient (Wildman–Crippen LogP) is 2.09. The van der Waals surface area contributed by atoms with Gasteiger partial charge in [-0.2, -0.15) is 0 Å². The van der Waals surface area contributed by atoms with E-state index in [1.165, 1.54) is 41.1 Å². The maximum atomic E-state index is 14.6. The summed E-state index contributed by atoms with van der Waals surface area (Å²) in [6.07, 6.45) is 5.34. The molecule has 1 fully saturated rings. The third kappa shape index (κ3) is 3.90. The zero-order valence-electron chi connectivity index (χ0n) is 14.1. The zero-order valence-corrected chi connectivity index (χ0v) is 14.1. The smallest absolute Gasteiger partial charge is 0.414 e. The lowest BCUT2D eigenvalue weighted by Crippen LogP contribution is -2.33. The fourth-order valence-corrected chi connectivity index (χ4v) is 2.69. The number of rotatable bonds is 4. The van der Waals surface area contributed by atoms with Crippen molar-refractivity contribution in [1.82, 2.24) is 5.32 Å². The Balaban J connectivity index is 1.75. The van der Waals surface area contributed by atoms with Gasteiger partial charge in [0.05, 0.1) is 24.5 Å². The SMILES string of the molecule is CC(=O)NC[C@H]1CN(c2ccc(N3C=CCC(=O)C=C3)c(F)c2)C(=O)O1. The van der Waals surface area contributed by atoms with Crippen molar-refractivity contribution < 1.29 is 23.5 Å². The monoisotopic (exact) mass is 359 g/mol. The second kappa shape index (κ2) is 7.38. The lowest BCUT2D eigenvalue weighted by Gasteiger charge is -2.18. The summed E-state index contributed by atoms with van der Waals surface area (Å²) in [6, 6.07) is 4.38. The molecule has 2 aliphatic heterocycles. The van der Waals surface area contributed by atoms with E-state index in [0.717, 1.165) is 0 Å². The molecular formula is C18H18FN3O4. The highest BCUT2D eigenvalue weighted by Crippen LogP contribution is 2.28. The highest BCUT2D eigenvalue weighted by atomic mass is 19.1. The van der Waals surface area contributed by atoms with Crippen LogP contribution in [0.15, 0.2) is 42.8 Å². The quantitative estimate of drug-likeness (QED) is 0.891. The first-order valence-corrected chi connectivity index (χ1v) is 8.12. The van der Waals surface area contributed by atoms with Crippen LogP contribution < -0.4 is 15.1 Å². The van der Waals surface area contributed by atoms with Gasteiger partial charge in [-0.3, -0.25) is 14.5 Å². The van der Waals surface area contributed by atoms with Gasteiger partial charge in [0.25, 0.3) is 0 Å². The molecule has 0 saturated carbocycles. The van der Waals surface area contributed by atoms with E-state index in [0.29, 0.717) is 5.69 Å². The van der Waals surface area contributed by atoms with Gasteiger partial charge in [0.15, 0.2) is 5.78 Å². The molecule has 7 nitrogen and oxygen atoms in total. The summed E-state index contributed by atoms with van der Waals surface area (Å²) in [5.74, 6) is -0.818. The lowest BCUT2D eigenvalue weighted by molar-refractivity contribution is -0.119. The molecule has 0 radical (unpaired) electrons. The Bertz CT molecular complexity index is 806. The molecule has 0 unspecified atom stereocenters. The summed E-state index contributed by atoms with van der Waals surface area (Å²) in [5, 5.41) is 2.59. The molecule has 3 rings (SSSR count). The van der Waals surface area contributed by atoms with E-state index < -0.39 is 18.0 Å². The first-order valence-electron chi connectivity index (χ1n) is 8.12. The summed E-state index contributed by atoms with van der Waals surface area (Å²) in [6.45, 7) is 1.80. The average Bonchev–Trinajstić information content (AvgIpc) is 2.83. The van der Waals surface area contributed by atoms with Gasteiger partial charge in [-0.1, -0.05) is 6.08 Å². The fraction of sp³-hybridized carbons (Fsp3) is 0.278. The maximum absolute atomic E-state index is 14.6. The summed E-state index contributed by atoms with van der Waals surface area (Å²) >= 11 is 0. The molecule has 0 aromatic heterocycles. The first kappa shape index (κ1) is 17.7. The van der Waals surface area contributed by atoms with Crippen molar-refractivity contribution in [3.63, 3.8) is 0 Å². The summed E-state index contributed by atoms with van der Waals surface area (Å²) in [7, 11) is 0. The van der Waals surface area contributed by atoms with Crippen LogP contribution in [0.4, 0.5) is 20.6 Å². The first-order chi connectivity index (χ1) is 12.4. The minimum atomic E-state index is -0.590. The summed E-state index contributed by atoms with van der Waals surface area (Å²) in [5.41, 5.74) is 0.624. The molecule has 1 aromatic carbocycles. The number of allylic oxidation sites excluding steroid dienone is 2. The number of ether oxygens (including phenoxy) is 1. The zero-order chi connectivity index (χ0) is 18.7. The molecule has 1 saturated heterocycles. The molecule has 0 spiro atoms. The highest BCUT2D eigenvalue weighted by Gasteiger charge is 2.32. The van der Waals surface area contributed by atoms with Crippen molar-refractivity contribution in [2.75, 3.05) is 22.9 Å². The number of ketones is 1. The molecule has 1 atom stereocenters. The van der Waals surface area contributed by atoms with Crippen molar-refractivity contribution in [3.8, 4) is 0 Å². The number of nitrogens with one attached hydrogen (secondary N) is 1. The molecule has 0 bridgehead atoms. The van der Waals surface area contributed by atoms with E-state index in [1.807, 2.05) is 0 Å². The number of halogens is 1.